The lowest BCUT2D eigenvalue weighted by Gasteiger charge is -2.07. The molecule has 1 aromatic rings. The van der Waals surface area contributed by atoms with E-state index in [0.717, 1.165) is 11.5 Å². The summed E-state index contributed by atoms with van der Waals surface area (Å²) in [6.07, 6.45) is 1.30. The molecule has 4 heteroatoms. The number of hydrogen-bond acceptors (Lipinski definition) is 4. The first-order chi connectivity index (χ1) is 6.74. The summed E-state index contributed by atoms with van der Waals surface area (Å²) in [4.78, 5) is 0. The zero-order chi connectivity index (χ0) is 10.4. The van der Waals surface area contributed by atoms with Gasteiger partial charge in [-0.25, -0.2) is 0 Å². The van der Waals surface area contributed by atoms with Crippen LogP contribution in [0.25, 0.3) is 0 Å². The Kier molecular flexibility index (Phi) is 5.07. The molecule has 1 unspecified atom stereocenters. The summed E-state index contributed by atoms with van der Waals surface area (Å²) in [6.45, 7) is 2.41. The number of ether oxygens (including phenoxy) is 1. The second kappa shape index (κ2) is 6.11. The van der Waals surface area contributed by atoms with E-state index in [4.69, 9.17) is 9.15 Å². The summed E-state index contributed by atoms with van der Waals surface area (Å²) < 4.78 is 10.1. The maximum absolute atomic E-state index is 9.37. The van der Waals surface area contributed by atoms with Gasteiger partial charge in [-0.3, -0.25) is 0 Å². The van der Waals surface area contributed by atoms with E-state index in [9.17, 15) is 5.11 Å². The number of hydrogen-bond donors (Lipinski definition) is 1. The highest BCUT2D eigenvalue weighted by Gasteiger charge is 2.06. The predicted octanol–water partition coefficient (Wildman–Crippen LogP) is 1.83. The van der Waals surface area contributed by atoms with Crippen molar-refractivity contribution in [1.82, 2.24) is 0 Å². The van der Waals surface area contributed by atoms with Gasteiger partial charge in [0.15, 0.2) is 0 Å². The Balaban J connectivity index is 2.19. The minimum absolute atomic E-state index is 0.389. The molecule has 1 N–H and O–H groups in total. The molecular formula is C10H16O3S. The molecule has 1 heterocycles. The molecule has 0 aliphatic rings. The minimum atomic E-state index is -0.389. The van der Waals surface area contributed by atoms with Crippen molar-refractivity contribution in [3.8, 4) is 0 Å². The van der Waals surface area contributed by atoms with Crippen molar-refractivity contribution in [1.29, 1.82) is 0 Å². The van der Waals surface area contributed by atoms with Crippen LogP contribution < -0.4 is 0 Å². The van der Waals surface area contributed by atoms with Crippen LogP contribution in [-0.2, 0) is 10.5 Å². The third-order valence-electron chi connectivity index (χ3n) is 1.87. The Labute approximate surface area is 88.4 Å². The fourth-order valence-electron chi connectivity index (χ4n) is 1.08. The molecule has 3 nitrogen and oxygen atoms in total. The van der Waals surface area contributed by atoms with E-state index in [1.807, 2.05) is 13.0 Å². The van der Waals surface area contributed by atoms with Gasteiger partial charge in [0.25, 0.3) is 0 Å². The normalized spacial score (nSPS) is 13.1. The maximum atomic E-state index is 9.37. The van der Waals surface area contributed by atoms with Crippen LogP contribution in [0.4, 0.5) is 0 Å². The highest BCUT2D eigenvalue weighted by molar-refractivity contribution is 7.98. The molecule has 0 radical (unpaired) electrons. The summed E-state index contributed by atoms with van der Waals surface area (Å²) in [5.41, 5.74) is 1.17. The topological polar surface area (TPSA) is 42.6 Å². The molecule has 0 aromatic carbocycles. The quantitative estimate of drug-likeness (QED) is 0.787. The summed E-state index contributed by atoms with van der Waals surface area (Å²) in [5.74, 6) is 2.47. The van der Waals surface area contributed by atoms with Crippen molar-refractivity contribution < 1.29 is 14.3 Å². The summed E-state index contributed by atoms with van der Waals surface area (Å²) >= 11 is 1.65. The molecule has 0 fully saturated rings. The fraction of sp³-hybridized carbons (Fsp3) is 0.600. The largest absolute Gasteiger partial charge is 0.468 e. The van der Waals surface area contributed by atoms with Crippen LogP contribution in [0.5, 0.6) is 0 Å². The molecule has 1 aromatic heterocycles. The highest BCUT2D eigenvalue weighted by Crippen LogP contribution is 2.17. The molecule has 0 aliphatic heterocycles. The SMILES string of the molecule is COCC(O)CSCc1occc1C. The van der Waals surface area contributed by atoms with Gasteiger partial charge in [-0.2, -0.15) is 11.8 Å². The second-order valence-electron chi connectivity index (χ2n) is 3.15. The average Bonchev–Trinajstić information content (AvgIpc) is 2.52. The van der Waals surface area contributed by atoms with Gasteiger partial charge in [0, 0.05) is 12.9 Å². The van der Waals surface area contributed by atoms with Crippen molar-refractivity contribution in [3.05, 3.63) is 23.7 Å². The number of rotatable bonds is 6. The smallest absolute Gasteiger partial charge is 0.116 e. The molecule has 0 amide bonds. The average molecular weight is 216 g/mol. The highest BCUT2D eigenvalue weighted by atomic mass is 32.2. The number of methoxy groups -OCH3 is 1. The van der Waals surface area contributed by atoms with Crippen molar-refractivity contribution >= 4 is 11.8 Å². The number of aryl methyl sites for hydroxylation is 1. The van der Waals surface area contributed by atoms with Crippen LogP contribution in [0.2, 0.25) is 0 Å². The van der Waals surface area contributed by atoms with Crippen LogP contribution in [0.1, 0.15) is 11.3 Å². The molecule has 1 rings (SSSR count). The van der Waals surface area contributed by atoms with Gasteiger partial charge in [0.1, 0.15) is 5.76 Å². The Morgan fingerprint density at radius 1 is 1.64 bits per heavy atom. The lowest BCUT2D eigenvalue weighted by molar-refractivity contribution is 0.0794. The van der Waals surface area contributed by atoms with Gasteiger partial charge < -0.3 is 14.3 Å². The summed E-state index contributed by atoms with van der Waals surface area (Å²) in [5, 5.41) is 9.37. The van der Waals surface area contributed by atoms with Crippen LogP contribution in [0.3, 0.4) is 0 Å². The lowest BCUT2D eigenvalue weighted by Crippen LogP contribution is -2.16. The Morgan fingerprint density at radius 3 is 3.00 bits per heavy atom. The standard InChI is InChI=1S/C10H16O3S/c1-8-3-4-13-10(8)7-14-6-9(11)5-12-2/h3-4,9,11H,5-7H2,1-2H3. The van der Waals surface area contributed by atoms with Crippen molar-refractivity contribution in [3.63, 3.8) is 0 Å². The van der Waals surface area contributed by atoms with E-state index in [1.54, 1.807) is 25.1 Å². The monoisotopic (exact) mass is 216 g/mol. The number of aliphatic hydroxyl groups excluding tert-OH is 1. The molecule has 0 saturated carbocycles. The van der Waals surface area contributed by atoms with E-state index >= 15 is 0 Å². The molecule has 1 atom stereocenters. The second-order valence-corrected chi connectivity index (χ2v) is 4.18. The Hall–Kier alpha value is -0.450. The third kappa shape index (κ3) is 3.74. The predicted molar refractivity (Wildman–Crippen MR) is 57.5 cm³/mol. The Morgan fingerprint density at radius 2 is 2.43 bits per heavy atom. The third-order valence-corrected chi connectivity index (χ3v) is 2.96. The zero-order valence-corrected chi connectivity index (χ0v) is 9.34. The first-order valence-electron chi connectivity index (χ1n) is 4.51. The van der Waals surface area contributed by atoms with Gasteiger partial charge in [-0.05, 0) is 18.6 Å². The Bertz CT molecular complexity index is 260. The molecule has 0 spiro atoms. The zero-order valence-electron chi connectivity index (χ0n) is 8.53. The first-order valence-corrected chi connectivity index (χ1v) is 5.67. The van der Waals surface area contributed by atoms with Crippen molar-refractivity contribution in [2.75, 3.05) is 19.5 Å². The number of furan rings is 1. The van der Waals surface area contributed by atoms with Gasteiger partial charge in [-0.1, -0.05) is 0 Å². The van der Waals surface area contributed by atoms with E-state index in [1.165, 1.54) is 5.56 Å². The number of aliphatic hydroxyl groups is 1. The van der Waals surface area contributed by atoms with Gasteiger partial charge in [-0.15, -0.1) is 0 Å². The first kappa shape index (κ1) is 11.6. The van der Waals surface area contributed by atoms with Crippen molar-refractivity contribution in [2.24, 2.45) is 0 Å². The van der Waals surface area contributed by atoms with Gasteiger partial charge in [0.2, 0.25) is 0 Å². The van der Waals surface area contributed by atoms with Crippen LogP contribution in [0, 0.1) is 6.92 Å². The molecule has 0 bridgehead atoms. The van der Waals surface area contributed by atoms with Gasteiger partial charge in [0.05, 0.1) is 24.7 Å². The fourth-order valence-corrected chi connectivity index (χ4v) is 2.05. The van der Waals surface area contributed by atoms with Crippen LogP contribution in [0.15, 0.2) is 16.7 Å². The number of thioether (sulfide) groups is 1. The summed E-state index contributed by atoms with van der Waals surface area (Å²) in [7, 11) is 1.59. The summed E-state index contributed by atoms with van der Waals surface area (Å²) in [6, 6.07) is 1.95. The maximum Gasteiger partial charge on any atom is 0.116 e. The van der Waals surface area contributed by atoms with Crippen molar-refractivity contribution in [2.45, 2.75) is 18.8 Å². The molecule has 80 valence electrons. The van der Waals surface area contributed by atoms with E-state index < -0.39 is 0 Å². The van der Waals surface area contributed by atoms with E-state index in [0.29, 0.717) is 12.4 Å². The lowest BCUT2D eigenvalue weighted by atomic mass is 10.3. The van der Waals surface area contributed by atoms with E-state index in [-0.39, 0.29) is 6.10 Å². The van der Waals surface area contributed by atoms with E-state index in [2.05, 4.69) is 0 Å². The van der Waals surface area contributed by atoms with Crippen LogP contribution >= 0.6 is 11.8 Å². The van der Waals surface area contributed by atoms with Crippen LogP contribution in [-0.4, -0.2) is 30.7 Å². The minimum Gasteiger partial charge on any atom is -0.468 e. The molecular weight excluding hydrogens is 200 g/mol. The molecule has 0 saturated heterocycles. The van der Waals surface area contributed by atoms with Gasteiger partial charge >= 0.3 is 0 Å². The molecule has 14 heavy (non-hydrogen) atoms. The molecule has 0 aliphatic carbocycles.